The molecule has 9 nitrogen and oxygen atoms in total. The second-order valence-corrected chi connectivity index (χ2v) is 10.9. The molecule has 0 bridgehead atoms. The fourth-order valence-corrected chi connectivity index (χ4v) is 5.67. The van der Waals surface area contributed by atoms with E-state index in [1.165, 1.54) is 0 Å². The molecule has 0 radical (unpaired) electrons. The van der Waals surface area contributed by atoms with Crippen LogP contribution in [0, 0.1) is 12.8 Å². The van der Waals surface area contributed by atoms with Gasteiger partial charge in [0, 0.05) is 18.8 Å². The number of fused-ring (bicyclic) bond motifs is 1. The Labute approximate surface area is 231 Å². The number of nitrogens with zero attached hydrogens (tertiary/aromatic N) is 4. The Balaban J connectivity index is 1.15. The highest BCUT2D eigenvalue weighted by atomic mass is 35.5. The van der Waals surface area contributed by atoms with E-state index >= 15 is 0 Å². The summed E-state index contributed by atoms with van der Waals surface area (Å²) in [6.07, 6.45) is 6.87. The van der Waals surface area contributed by atoms with Crippen molar-refractivity contribution >= 4 is 34.4 Å². The predicted molar refractivity (Wildman–Crippen MR) is 151 cm³/mol. The molecule has 1 aliphatic carbocycles. The quantitative estimate of drug-likeness (QED) is 0.357. The largest absolute Gasteiger partial charge is 0.377 e. The van der Waals surface area contributed by atoms with Crippen molar-refractivity contribution < 1.29 is 9.53 Å². The molecule has 0 unspecified atom stereocenters. The Hall–Kier alpha value is -3.69. The van der Waals surface area contributed by atoms with E-state index in [-0.39, 0.29) is 23.7 Å². The lowest BCUT2D eigenvalue weighted by Crippen LogP contribution is -2.40. The minimum absolute atomic E-state index is 0.0644. The Morgan fingerprint density at radius 1 is 1.03 bits per heavy atom. The SMILES string of the molecule is Cc1ncc(Cl)cc1C(=O)NC1CCC(Cn2c(=O)n(-c3ccc(NC4COC4)nc3)c3ccccc32)CC1. The first kappa shape index (κ1) is 25.6. The van der Waals surface area contributed by atoms with E-state index in [2.05, 4.69) is 20.6 Å². The number of hydrogen-bond donors (Lipinski definition) is 2. The lowest BCUT2D eigenvalue weighted by Gasteiger charge is -2.29. The number of pyridine rings is 2. The van der Waals surface area contributed by atoms with Gasteiger partial charge >= 0.3 is 5.69 Å². The topological polar surface area (TPSA) is 103 Å². The van der Waals surface area contributed by atoms with Crippen LogP contribution < -0.4 is 16.3 Å². The molecule has 1 aromatic carbocycles. The molecule has 4 aromatic rings. The Bertz CT molecular complexity index is 1550. The number of halogens is 1. The third-order valence-electron chi connectivity index (χ3n) is 7.75. The molecule has 202 valence electrons. The first-order valence-corrected chi connectivity index (χ1v) is 13.8. The number of benzene rings is 1. The van der Waals surface area contributed by atoms with E-state index in [9.17, 15) is 9.59 Å². The molecule has 4 heterocycles. The van der Waals surface area contributed by atoms with Gasteiger partial charge in [0.1, 0.15) is 5.82 Å². The van der Waals surface area contributed by atoms with Crippen LogP contribution in [0.25, 0.3) is 16.7 Å². The summed E-state index contributed by atoms with van der Waals surface area (Å²) < 4.78 is 8.84. The fraction of sp³-hybridized carbons (Fsp3) is 0.379. The highest BCUT2D eigenvalue weighted by Crippen LogP contribution is 2.28. The van der Waals surface area contributed by atoms with E-state index < -0.39 is 0 Å². The van der Waals surface area contributed by atoms with E-state index in [0.717, 1.165) is 48.2 Å². The van der Waals surface area contributed by atoms with Gasteiger partial charge in [0.05, 0.1) is 58.5 Å². The average molecular weight is 547 g/mol. The van der Waals surface area contributed by atoms with Gasteiger partial charge in [-0.3, -0.25) is 18.9 Å². The molecule has 1 saturated carbocycles. The average Bonchev–Trinajstić information content (AvgIpc) is 3.20. The minimum atomic E-state index is -0.138. The van der Waals surface area contributed by atoms with Crippen LogP contribution in [0.5, 0.6) is 0 Å². The molecule has 3 aromatic heterocycles. The molecule has 6 rings (SSSR count). The molecule has 1 saturated heterocycles. The van der Waals surface area contributed by atoms with Crippen LogP contribution in [0.3, 0.4) is 0 Å². The molecule has 10 heteroatoms. The van der Waals surface area contributed by atoms with Gasteiger partial charge in [-0.15, -0.1) is 0 Å². The number of aryl methyl sites for hydroxylation is 1. The van der Waals surface area contributed by atoms with Gasteiger partial charge in [-0.25, -0.2) is 9.78 Å². The first-order valence-electron chi connectivity index (χ1n) is 13.4. The number of amides is 1. The minimum Gasteiger partial charge on any atom is -0.377 e. The number of anilines is 1. The van der Waals surface area contributed by atoms with Gasteiger partial charge in [-0.2, -0.15) is 0 Å². The number of imidazole rings is 1. The smallest absolute Gasteiger partial charge is 0.333 e. The number of para-hydroxylation sites is 2. The van der Waals surface area contributed by atoms with E-state index in [4.69, 9.17) is 16.3 Å². The number of nitrogens with one attached hydrogen (secondary N) is 2. The van der Waals surface area contributed by atoms with Crippen molar-refractivity contribution in [3.8, 4) is 5.69 Å². The molecule has 2 aliphatic rings. The van der Waals surface area contributed by atoms with Crippen LogP contribution in [-0.4, -0.2) is 50.3 Å². The number of carbonyl (C=O) groups is 1. The lowest BCUT2D eigenvalue weighted by atomic mass is 9.85. The van der Waals surface area contributed by atoms with Crippen LogP contribution in [0.15, 0.2) is 59.7 Å². The third kappa shape index (κ3) is 5.29. The Morgan fingerprint density at radius 3 is 2.49 bits per heavy atom. The van der Waals surface area contributed by atoms with Crippen molar-refractivity contribution in [2.75, 3.05) is 18.5 Å². The van der Waals surface area contributed by atoms with Crippen LogP contribution in [0.4, 0.5) is 5.82 Å². The van der Waals surface area contributed by atoms with Crippen molar-refractivity contribution in [1.29, 1.82) is 0 Å². The van der Waals surface area contributed by atoms with Crippen LogP contribution in [0.1, 0.15) is 41.7 Å². The highest BCUT2D eigenvalue weighted by Gasteiger charge is 2.26. The fourth-order valence-electron chi connectivity index (χ4n) is 5.51. The summed E-state index contributed by atoms with van der Waals surface area (Å²) in [6, 6.07) is 13.8. The molecule has 1 amide bonds. The standard InChI is InChI=1S/C29H31ClN6O3/c1-18-24(12-20(30)13-31-18)28(37)34-21-8-6-19(7-9-21)15-35-25-4-2-3-5-26(25)36(29(35)38)23-10-11-27(32-14-23)33-22-16-39-17-22/h2-5,10-14,19,21-22H,6-9,15-17H2,1H3,(H,32,33)(H,34,37). The van der Waals surface area contributed by atoms with Crippen molar-refractivity contribution in [1.82, 2.24) is 24.4 Å². The molecular weight excluding hydrogens is 516 g/mol. The zero-order valence-electron chi connectivity index (χ0n) is 21.8. The number of hydrogen-bond acceptors (Lipinski definition) is 6. The summed E-state index contributed by atoms with van der Waals surface area (Å²) in [6.45, 7) is 3.81. The van der Waals surface area contributed by atoms with Crippen molar-refractivity contribution in [3.63, 3.8) is 0 Å². The number of aromatic nitrogens is 4. The number of rotatable bonds is 7. The monoisotopic (exact) mass is 546 g/mol. The molecule has 0 spiro atoms. The first-order chi connectivity index (χ1) is 19.0. The predicted octanol–water partition coefficient (Wildman–Crippen LogP) is 4.34. The molecule has 2 fully saturated rings. The maximum atomic E-state index is 13.7. The summed E-state index contributed by atoms with van der Waals surface area (Å²) in [5.74, 6) is 0.981. The van der Waals surface area contributed by atoms with E-state index in [0.29, 0.717) is 42.0 Å². The van der Waals surface area contributed by atoms with Gasteiger partial charge in [-0.05, 0) is 68.9 Å². The third-order valence-corrected chi connectivity index (χ3v) is 7.96. The summed E-state index contributed by atoms with van der Waals surface area (Å²) in [7, 11) is 0. The van der Waals surface area contributed by atoms with Crippen LogP contribution >= 0.6 is 11.6 Å². The van der Waals surface area contributed by atoms with Crippen molar-refractivity contribution in [2.24, 2.45) is 5.92 Å². The second-order valence-electron chi connectivity index (χ2n) is 10.5. The van der Waals surface area contributed by atoms with Crippen LogP contribution in [-0.2, 0) is 11.3 Å². The second kappa shape index (κ2) is 10.8. The highest BCUT2D eigenvalue weighted by molar-refractivity contribution is 6.30. The molecule has 2 N–H and O–H groups in total. The molecule has 0 atom stereocenters. The molecule has 1 aliphatic heterocycles. The number of carbonyl (C=O) groups excluding carboxylic acids is 1. The summed E-state index contributed by atoms with van der Waals surface area (Å²) in [5.41, 5.74) is 3.63. The van der Waals surface area contributed by atoms with Gasteiger partial charge < -0.3 is 15.4 Å². The molecule has 39 heavy (non-hydrogen) atoms. The van der Waals surface area contributed by atoms with Gasteiger partial charge in [0.25, 0.3) is 5.91 Å². The maximum Gasteiger partial charge on any atom is 0.333 e. The summed E-state index contributed by atoms with van der Waals surface area (Å²) >= 11 is 6.04. The van der Waals surface area contributed by atoms with Gasteiger partial charge in [-0.1, -0.05) is 23.7 Å². The lowest BCUT2D eigenvalue weighted by molar-refractivity contribution is 0.0209. The van der Waals surface area contributed by atoms with Gasteiger partial charge in [0.2, 0.25) is 0 Å². The zero-order valence-corrected chi connectivity index (χ0v) is 22.5. The van der Waals surface area contributed by atoms with Gasteiger partial charge in [0.15, 0.2) is 0 Å². The zero-order chi connectivity index (χ0) is 26.9. The van der Waals surface area contributed by atoms with Crippen LogP contribution in [0.2, 0.25) is 5.02 Å². The van der Waals surface area contributed by atoms with E-state index in [1.807, 2.05) is 47.9 Å². The molecular formula is C29H31ClN6O3. The van der Waals surface area contributed by atoms with Crippen molar-refractivity contribution in [2.45, 2.75) is 51.2 Å². The maximum absolute atomic E-state index is 13.7. The number of ether oxygens (including phenoxy) is 1. The van der Waals surface area contributed by atoms with Crippen molar-refractivity contribution in [3.05, 3.63) is 81.6 Å². The Morgan fingerprint density at radius 2 is 1.79 bits per heavy atom. The summed E-state index contributed by atoms with van der Waals surface area (Å²) in [5, 5.41) is 6.93. The Kier molecular flexibility index (Phi) is 7.10. The summed E-state index contributed by atoms with van der Waals surface area (Å²) in [4.78, 5) is 35.2. The van der Waals surface area contributed by atoms with E-state index in [1.54, 1.807) is 23.0 Å². The normalized spacial score (nSPS) is 19.5.